The molecule has 1 saturated carbocycles. The van der Waals surface area contributed by atoms with Crippen molar-refractivity contribution in [3.05, 3.63) is 0 Å². The lowest BCUT2D eigenvalue weighted by Gasteiger charge is -2.36. The van der Waals surface area contributed by atoms with E-state index >= 15 is 0 Å². The van der Waals surface area contributed by atoms with Crippen LogP contribution >= 0.6 is 0 Å². The second-order valence-electron chi connectivity index (χ2n) is 5.54. The predicted octanol–water partition coefficient (Wildman–Crippen LogP) is 3.22. The van der Waals surface area contributed by atoms with Crippen molar-refractivity contribution < 1.29 is 4.79 Å². The van der Waals surface area contributed by atoms with Gasteiger partial charge in [0.05, 0.1) is 0 Å². The van der Waals surface area contributed by atoms with Gasteiger partial charge in [0.2, 0.25) is 5.91 Å². The molecule has 0 atom stereocenters. The molecule has 0 bridgehead atoms. The summed E-state index contributed by atoms with van der Waals surface area (Å²) in [4.78, 5) is 14.2. The minimum atomic E-state index is 0.396. The van der Waals surface area contributed by atoms with Crippen molar-refractivity contribution in [1.29, 1.82) is 0 Å². The van der Waals surface area contributed by atoms with Crippen LogP contribution in [0.1, 0.15) is 58.3 Å². The van der Waals surface area contributed by atoms with Gasteiger partial charge < -0.3 is 4.90 Å². The number of nitrogens with zero attached hydrogens (tertiary/aromatic N) is 1. The number of hydrogen-bond acceptors (Lipinski definition) is 1. The van der Waals surface area contributed by atoms with E-state index in [9.17, 15) is 4.79 Å². The Kier molecular flexibility index (Phi) is 4.25. The molecule has 1 heterocycles. The zero-order valence-electron chi connectivity index (χ0n) is 10.6. The number of amides is 1. The topological polar surface area (TPSA) is 20.3 Å². The molecule has 2 heteroatoms. The first kappa shape index (κ1) is 11.9. The summed E-state index contributed by atoms with van der Waals surface area (Å²) < 4.78 is 0. The van der Waals surface area contributed by atoms with Crippen LogP contribution in [-0.4, -0.2) is 23.9 Å². The van der Waals surface area contributed by atoms with Crippen LogP contribution in [0.15, 0.2) is 0 Å². The molecule has 0 aromatic heterocycles. The molecule has 1 aliphatic heterocycles. The average Bonchev–Trinajstić information content (AvgIpc) is 2.24. The Morgan fingerprint density at radius 1 is 1.19 bits per heavy atom. The molecule has 0 aromatic rings. The zero-order valence-corrected chi connectivity index (χ0v) is 10.6. The third-order valence-corrected chi connectivity index (χ3v) is 4.35. The molecule has 16 heavy (non-hydrogen) atoms. The molecule has 1 saturated heterocycles. The summed E-state index contributed by atoms with van der Waals surface area (Å²) in [6.45, 7) is 4.32. The standard InChI is InChI=1S/C14H25NO/c1-2-3-5-12-8-10-15(11-9-12)14(16)13-6-4-7-13/h12-13H,2-11H2,1H3. The summed E-state index contributed by atoms with van der Waals surface area (Å²) >= 11 is 0. The molecule has 0 radical (unpaired) electrons. The molecule has 0 unspecified atom stereocenters. The van der Waals surface area contributed by atoms with Crippen LogP contribution in [0, 0.1) is 11.8 Å². The van der Waals surface area contributed by atoms with Crippen LogP contribution < -0.4 is 0 Å². The maximum absolute atomic E-state index is 12.0. The largest absolute Gasteiger partial charge is 0.342 e. The Morgan fingerprint density at radius 3 is 2.38 bits per heavy atom. The van der Waals surface area contributed by atoms with Crippen LogP contribution in [-0.2, 0) is 4.79 Å². The Hall–Kier alpha value is -0.530. The van der Waals surface area contributed by atoms with Gasteiger partial charge in [-0.2, -0.15) is 0 Å². The number of carbonyl (C=O) groups excluding carboxylic acids is 1. The minimum absolute atomic E-state index is 0.396. The van der Waals surface area contributed by atoms with Crippen LogP contribution in [0.4, 0.5) is 0 Å². The summed E-state index contributed by atoms with van der Waals surface area (Å²) in [5.74, 6) is 1.75. The van der Waals surface area contributed by atoms with Crippen molar-refractivity contribution in [1.82, 2.24) is 4.90 Å². The van der Waals surface area contributed by atoms with Crippen molar-refractivity contribution in [2.45, 2.75) is 58.3 Å². The lowest BCUT2D eigenvalue weighted by atomic mass is 9.83. The fraction of sp³-hybridized carbons (Fsp3) is 0.929. The Balaban J connectivity index is 1.69. The second kappa shape index (κ2) is 5.70. The fourth-order valence-corrected chi connectivity index (χ4v) is 2.85. The van der Waals surface area contributed by atoms with Crippen molar-refractivity contribution in [3.8, 4) is 0 Å². The first-order chi connectivity index (χ1) is 7.81. The number of likely N-dealkylation sites (tertiary alicyclic amines) is 1. The molecule has 2 rings (SSSR count). The monoisotopic (exact) mass is 223 g/mol. The molecular weight excluding hydrogens is 198 g/mol. The Bertz CT molecular complexity index is 227. The molecule has 92 valence electrons. The van der Waals surface area contributed by atoms with Gasteiger partial charge in [-0.05, 0) is 31.6 Å². The fourth-order valence-electron chi connectivity index (χ4n) is 2.85. The first-order valence-electron chi connectivity index (χ1n) is 7.10. The summed E-state index contributed by atoms with van der Waals surface area (Å²) in [5, 5.41) is 0. The van der Waals surface area contributed by atoms with Gasteiger partial charge in [0.15, 0.2) is 0 Å². The molecule has 0 N–H and O–H groups in total. The van der Waals surface area contributed by atoms with Gasteiger partial charge in [-0.3, -0.25) is 4.79 Å². The molecule has 0 aromatic carbocycles. The normalized spacial score (nSPS) is 23.2. The summed E-state index contributed by atoms with van der Waals surface area (Å²) in [6.07, 6.45) is 10.1. The highest BCUT2D eigenvalue weighted by Crippen LogP contribution is 2.30. The molecular formula is C14H25NO. The van der Waals surface area contributed by atoms with Crippen molar-refractivity contribution in [2.24, 2.45) is 11.8 Å². The SMILES string of the molecule is CCCCC1CCN(C(=O)C2CCC2)CC1. The minimum Gasteiger partial charge on any atom is -0.342 e. The van der Waals surface area contributed by atoms with Gasteiger partial charge >= 0.3 is 0 Å². The van der Waals surface area contributed by atoms with E-state index in [-0.39, 0.29) is 0 Å². The van der Waals surface area contributed by atoms with E-state index in [1.54, 1.807) is 0 Å². The number of rotatable bonds is 4. The summed E-state index contributed by atoms with van der Waals surface area (Å²) in [7, 11) is 0. The number of unbranched alkanes of at least 4 members (excludes halogenated alkanes) is 1. The Labute approximate surface area is 99.4 Å². The smallest absolute Gasteiger partial charge is 0.225 e. The second-order valence-corrected chi connectivity index (χ2v) is 5.54. The van der Waals surface area contributed by atoms with E-state index in [2.05, 4.69) is 11.8 Å². The number of piperidine rings is 1. The van der Waals surface area contributed by atoms with E-state index in [0.29, 0.717) is 11.8 Å². The molecule has 2 nitrogen and oxygen atoms in total. The van der Waals surface area contributed by atoms with Gasteiger partial charge in [0, 0.05) is 19.0 Å². The number of hydrogen-bond donors (Lipinski definition) is 0. The maximum atomic E-state index is 12.0. The summed E-state index contributed by atoms with van der Waals surface area (Å²) in [5.41, 5.74) is 0. The summed E-state index contributed by atoms with van der Waals surface area (Å²) in [6, 6.07) is 0. The molecule has 2 aliphatic rings. The Morgan fingerprint density at radius 2 is 1.88 bits per heavy atom. The predicted molar refractivity (Wildman–Crippen MR) is 66.2 cm³/mol. The van der Waals surface area contributed by atoms with Gasteiger partial charge in [0.1, 0.15) is 0 Å². The van der Waals surface area contributed by atoms with Crippen molar-refractivity contribution in [3.63, 3.8) is 0 Å². The maximum Gasteiger partial charge on any atom is 0.225 e. The number of carbonyl (C=O) groups is 1. The third-order valence-electron chi connectivity index (χ3n) is 4.35. The molecule has 0 spiro atoms. The zero-order chi connectivity index (χ0) is 11.4. The van der Waals surface area contributed by atoms with Crippen LogP contribution in [0.5, 0.6) is 0 Å². The van der Waals surface area contributed by atoms with E-state index in [4.69, 9.17) is 0 Å². The highest BCUT2D eigenvalue weighted by atomic mass is 16.2. The lowest BCUT2D eigenvalue weighted by molar-refractivity contribution is -0.139. The lowest BCUT2D eigenvalue weighted by Crippen LogP contribution is -2.43. The molecule has 1 aliphatic carbocycles. The van der Waals surface area contributed by atoms with E-state index in [0.717, 1.165) is 31.8 Å². The van der Waals surface area contributed by atoms with E-state index in [1.807, 2.05) is 0 Å². The highest BCUT2D eigenvalue weighted by molar-refractivity contribution is 5.79. The third kappa shape index (κ3) is 2.78. The highest BCUT2D eigenvalue weighted by Gasteiger charge is 2.31. The molecule has 2 fully saturated rings. The van der Waals surface area contributed by atoms with Gasteiger partial charge in [-0.15, -0.1) is 0 Å². The van der Waals surface area contributed by atoms with Crippen LogP contribution in [0.25, 0.3) is 0 Å². The van der Waals surface area contributed by atoms with E-state index in [1.165, 1.54) is 38.5 Å². The van der Waals surface area contributed by atoms with E-state index < -0.39 is 0 Å². The van der Waals surface area contributed by atoms with Crippen LogP contribution in [0.3, 0.4) is 0 Å². The molecule has 1 amide bonds. The quantitative estimate of drug-likeness (QED) is 0.716. The van der Waals surface area contributed by atoms with Gasteiger partial charge in [-0.25, -0.2) is 0 Å². The van der Waals surface area contributed by atoms with Crippen LogP contribution in [0.2, 0.25) is 0 Å². The van der Waals surface area contributed by atoms with Crippen molar-refractivity contribution >= 4 is 5.91 Å². The van der Waals surface area contributed by atoms with Gasteiger partial charge in [0.25, 0.3) is 0 Å². The average molecular weight is 223 g/mol. The van der Waals surface area contributed by atoms with Crippen molar-refractivity contribution in [2.75, 3.05) is 13.1 Å². The van der Waals surface area contributed by atoms with Gasteiger partial charge in [-0.1, -0.05) is 32.6 Å². The first-order valence-corrected chi connectivity index (χ1v) is 7.10.